The van der Waals surface area contributed by atoms with Gasteiger partial charge in [-0.05, 0) is 30.5 Å². The lowest BCUT2D eigenvalue weighted by Gasteiger charge is -2.41. The maximum absolute atomic E-state index is 6.50. The lowest BCUT2D eigenvalue weighted by molar-refractivity contribution is -0.193. The summed E-state index contributed by atoms with van der Waals surface area (Å²) in [5.41, 5.74) is 3.38. The first kappa shape index (κ1) is 24.2. The van der Waals surface area contributed by atoms with Gasteiger partial charge in [-0.15, -0.1) is 0 Å². The molecule has 0 bridgehead atoms. The molecule has 2 aliphatic rings. The molecule has 35 heavy (non-hydrogen) atoms. The summed E-state index contributed by atoms with van der Waals surface area (Å²) in [7, 11) is 0. The summed E-state index contributed by atoms with van der Waals surface area (Å²) < 4.78 is 32.2. The van der Waals surface area contributed by atoms with Gasteiger partial charge in [0.05, 0.1) is 32.0 Å². The summed E-state index contributed by atoms with van der Waals surface area (Å²) >= 11 is 0. The van der Waals surface area contributed by atoms with E-state index < -0.39 is 5.79 Å². The van der Waals surface area contributed by atoms with Crippen LogP contribution in [-0.2, 0) is 43.5 Å². The van der Waals surface area contributed by atoms with E-state index in [0.717, 1.165) is 16.7 Å². The van der Waals surface area contributed by atoms with Crippen molar-refractivity contribution in [3.8, 4) is 0 Å². The van der Waals surface area contributed by atoms with Gasteiger partial charge in [0, 0.05) is 6.42 Å². The van der Waals surface area contributed by atoms with Crippen LogP contribution in [0, 0.1) is 0 Å². The van der Waals surface area contributed by atoms with Crippen molar-refractivity contribution in [1.82, 2.24) is 0 Å². The topological polar surface area (TPSA) is 46.2 Å². The zero-order valence-corrected chi connectivity index (χ0v) is 20.4. The van der Waals surface area contributed by atoms with E-state index in [0.29, 0.717) is 26.2 Å². The number of ether oxygens (including phenoxy) is 5. The van der Waals surface area contributed by atoms with Crippen molar-refractivity contribution in [2.24, 2.45) is 0 Å². The van der Waals surface area contributed by atoms with Crippen LogP contribution in [0.15, 0.2) is 91.0 Å². The Morgan fingerprint density at radius 1 is 0.600 bits per heavy atom. The van der Waals surface area contributed by atoms with Crippen molar-refractivity contribution >= 4 is 0 Å². The Labute approximate surface area is 207 Å². The molecule has 3 aromatic carbocycles. The minimum Gasteiger partial charge on any atom is -0.371 e. The van der Waals surface area contributed by atoms with Crippen molar-refractivity contribution in [2.45, 2.75) is 76.4 Å². The van der Waals surface area contributed by atoms with Crippen LogP contribution in [0.4, 0.5) is 0 Å². The van der Waals surface area contributed by atoms with E-state index in [1.165, 1.54) is 0 Å². The van der Waals surface area contributed by atoms with Crippen molar-refractivity contribution in [2.75, 3.05) is 0 Å². The quantitative estimate of drug-likeness (QED) is 0.400. The van der Waals surface area contributed by atoms with Crippen LogP contribution < -0.4 is 0 Å². The molecule has 2 fully saturated rings. The normalized spacial score (nSPS) is 27.4. The van der Waals surface area contributed by atoms with Gasteiger partial charge < -0.3 is 23.7 Å². The Bertz CT molecular complexity index is 1040. The summed E-state index contributed by atoms with van der Waals surface area (Å²) in [4.78, 5) is 0. The first-order valence-corrected chi connectivity index (χ1v) is 12.4. The number of fused-ring (bicyclic) bond motifs is 1. The van der Waals surface area contributed by atoms with Crippen LogP contribution in [-0.4, -0.2) is 36.3 Å². The number of hydrogen-bond donors (Lipinski definition) is 0. The molecular weight excluding hydrogens is 440 g/mol. The first-order chi connectivity index (χ1) is 17.1. The summed E-state index contributed by atoms with van der Waals surface area (Å²) in [5, 5.41) is 0. The summed E-state index contributed by atoms with van der Waals surface area (Å²) in [6.07, 6.45) is -0.491. The van der Waals surface area contributed by atoms with Gasteiger partial charge in [-0.1, -0.05) is 91.0 Å². The van der Waals surface area contributed by atoms with Crippen LogP contribution in [0.25, 0.3) is 0 Å². The van der Waals surface area contributed by atoms with Gasteiger partial charge in [-0.2, -0.15) is 0 Å². The molecule has 1 aliphatic heterocycles. The summed E-state index contributed by atoms with van der Waals surface area (Å²) in [6, 6.07) is 30.6. The van der Waals surface area contributed by atoms with Gasteiger partial charge in [0.2, 0.25) is 0 Å². The summed E-state index contributed by atoms with van der Waals surface area (Å²) in [6.45, 7) is 5.41. The molecule has 1 saturated heterocycles. The van der Waals surface area contributed by atoms with Crippen LogP contribution >= 0.6 is 0 Å². The molecule has 5 heteroatoms. The number of rotatable bonds is 9. The monoisotopic (exact) mass is 474 g/mol. The first-order valence-electron chi connectivity index (χ1n) is 12.4. The third-order valence-electron chi connectivity index (χ3n) is 6.58. The fraction of sp³-hybridized carbons (Fsp3) is 0.400. The van der Waals surface area contributed by atoms with E-state index in [1.807, 2.05) is 68.4 Å². The van der Waals surface area contributed by atoms with E-state index in [4.69, 9.17) is 23.7 Å². The molecule has 1 aliphatic carbocycles. The molecule has 0 amide bonds. The molecule has 5 atom stereocenters. The molecular formula is C30H34O5. The smallest absolute Gasteiger partial charge is 0.164 e. The molecule has 5 nitrogen and oxygen atoms in total. The molecule has 0 aromatic heterocycles. The van der Waals surface area contributed by atoms with Crippen LogP contribution in [0.1, 0.15) is 37.0 Å². The van der Waals surface area contributed by atoms with Crippen molar-refractivity contribution in [3.63, 3.8) is 0 Å². The fourth-order valence-electron chi connectivity index (χ4n) is 4.92. The maximum Gasteiger partial charge on any atom is 0.164 e. The number of hydrogen-bond acceptors (Lipinski definition) is 5. The van der Waals surface area contributed by atoms with Crippen molar-refractivity contribution < 1.29 is 23.7 Å². The molecule has 2 unspecified atom stereocenters. The van der Waals surface area contributed by atoms with Crippen molar-refractivity contribution in [3.05, 3.63) is 108 Å². The molecule has 0 radical (unpaired) electrons. The zero-order chi connectivity index (χ0) is 24.1. The van der Waals surface area contributed by atoms with E-state index >= 15 is 0 Å². The molecule has 0 spiro atoms. The minimum absolute atomic E-state index is 0.167. The lowest BCUT2D eigenvalue weighted by Crippen LogP contribution is -2.56. The van der Waals surface area contributed by atoms with E-state index in [9.17, 15) is 0 Å². The average molecular weight is 475 g/mol. The predicted molar refractivity (Wildman–Crippen MR) is 133 cm³/mol. The van der Waals surface area contributed by atoms with Crippen molar-refractivity contribution in [1.29, 1.82) is 0 Å². The van der Waals surface area contributed by atoms with Crippen LogP contribution in [0.5, 0.6) is 0 Å². The van der Waals surface area contributed by atoms with E-state index in [1.54, 1.807) is 0 Å². The molecule has 1 saturated carbocycles. The van der Waals surface area contributed by atoms with Gasteiger partial charge in [-0.25, -0.2) is 0 Å². The highest BCUT2D eigenvalue weighted by atomic mass is 16.8. The second-order valence-corrected chi connectivity index (χ2v) is 9.73. The molecule has 1 heterocycles. The van der Waals surface area contributed by atoms with Gasteiger partial charge in [0.25, 0.3) is 0 Å². The van der Waals surface area contributed by atoms with E-state index in [2.05, 4.69) is 36.4 Å². The Morgan fingerprint density at radius 3 is 1.54 bits per heavy atom. The predicted octanol–water partition coefficient (Wildman–Crippen LogP) is 5.67. The van der Waals surface area contributed by atoms with Gasteiger partial charge in [-0.3, -0.25) is 0 Å². The lowest BCUT2D eigenvalue weighted by atomic mass is 9.86. The van der Waals surface area contributed by atoms with E-state index in [-0.39, 0.29) is 30.5 Å². The highest BCUT2D eigenvalue weighted by Crippen LogP contribution is 2.41. The average Bonchev–Trinajstić information content (AvgIpc) is 3.22. The summed E-state index contributed by atoms with van der Waals surface area (Å²) in [5.74, 6) is -0.716. The largest absolute Gasteiger partial charge is 0.371 e. The SMILES string of the molecule is CC1(C)OC2[C@H](O1)C(OCc1ccccc1)C[C@H](OCc1ccccc1)[C@@H]2OCc1ccccc1. The fourth-order valence-corrected chi connectivity index (χ4v) is 4.92. The highest BCUT2D eigenvalue weighted by Gasteiger charge is 2.55. The molecule has 184 valence electrons. The second-order valence-electron chi connectivity index (χ2n) is 9.73. The minimum atomic E-state index is -0.716. The third kappa shape index (κ3) is 6.18. The zero-order valence-electron chi connectivity index (χ0n) is 20.4. The Kier molecular flexibility index (Phi) is 7.61. The second kappa shape index (κ2) is 11.0. The van der Waals surface area contributed by atoms with Gasteiger partial charge in [0.1, 0.15) is 18.3 Å². The Morgan fingerprint density at radius 2 is 1.03 bits per heavy atom. The Hall–Kier alpha value is -2.54. The Balaban J connectivity index is 1.35. The third-order valence-corrected chi connectivity index (χ3v) is 6.58. The van der Waals surface area contributed by atoms with Crippen LogP contribution in [0.2, 0.25) is 0 Å². The standard InChI is InChI=1S/C30H34O5/c1-30(2)34-28-26(32-20-23-14-8-4-9-15-23)18-25(31-19-22-12-6-3-7-13-22)27(29(28)35-30)33-21-24-16-10-5-11-17-24/h3-17,25-29H,18-21H2,1-2H3/t25-,26?,27-,28+,29?/m0/s1. The van der Waals surface area contributed by atoms with Gasteiger partial charge in [0.15, 0.2) is 5.79 Å². The van der Waals surface area contributed by atoms with Crippen LogP contribution in [0.3, 0.4) is 0 Å². The molecule has 5 rings (SSSR count). The highest BCUT2D eigenvalue weighted by molar-refractivity contribution is 5.16. The maximum atomic E-state index is 6.50. The number of benzene rings is 3. The van der Waals surface area contributed by atoms with Gasteiger partial charge >= 0.3 is 0 Å². The molecule has 0 N–H and O–H groups in total. The molecule has 3 aromatic rings.